The Hall–Kier alpha value is -4.86. The minimum absolute atomic E-state index is 0.0151. The van der Waals surface area contributed by atoms with Gasteiger partial charge in [0.25, 0.3) is 0 Å². The van der Waals surface area contributed by atoms with Gasteiger partial charge in [0.1, 0.15) is 29.1 Å². The van der Waals surface area contributed by atoms with E-state index in [-0.39, 0.29) is 18.2 Å². The lowest BCUT2D eigenvalue weighted by atomic mass is 9.94. The highest BCUT2D eigenvalue weighted by Crippen LogP contribution is 2.33. The van der Waals surface area contributed by atoms with Crippen LogP contribution in [0.1, 0.15) is 33.7 Å². The van der Waals surface area contributed by atoms with Crippen molar-refractivity contribution in [2.45, 2.75) is 19.8 Å². The summed E-state index contributed by atoms with van der Waals surface area (Å²) in [4.78, 5) is 45.8. The van der Waals surface area contributed by atoms with E-state index in [9.17, 15) is 14.0 Å². The Morgan fingerprint density at radius 2 is 1.95 bits per heavy atom. The van der Waals surface area contributed by atoms with Gasteiger partial charge in [0.05, 0.1) is 5.69 Å². The minimum atomic E-state index is -0.442. The van der Waals surface area contributed by atoms with E-state index in [0.29, 0.717) is 47.7 Å². The molecule has 0 unspecified atom stereocenters. The molecular formula is C31H30FN7O2. The van der Waals surface area contributed by atoms with Crippen molar-refractivity contribution in [2.75, 3.05) is 27.2 Å². The topological polar surface area (TPSA) is 100 Å². The van der Waals surface area contributed by atoms with Gasteiger partial charge in [-0.05, 0) is 66.4 Å². The van der Waals surface area contributed by atoms with Gasteiger partial charge in [-0.3, -0.25) is 4.79 Å². The van der Waals surface area contributed by atoms with E-state index in [1.807, 2.05) is 49.0 Å². The van der Waals surface area contributed by atoms with E-state index in [2.05, 4.69) is 19.9 Å². The molecule has 2 amide bonds. The molecule has 6 rings (SSSR count). The molecule has 4 aromatic heterocycles. The van der Waals surface area contributed by atoms with Crippen molar-refractivity contribution in [3.05, 3.63) is 83.3 Å². The molecule has 10 heteroatoms. The predicted molar refractivity (Wildman–Crippen MR) is 156 cm³/mol. The lowest BCUT2D eigenvalue weighted by molar-refractivity contribution is 0.0988. The average molecular weight is 552 g/mol. The molecule has 0 saturated heterocycles. The summed E-state index contributed by atoms with van der Waals surface area (Å²) >= 11 is 0. The van der Waals surface area contributed by atoms with E-state index < -0.39 is 5.82 Å². The number of pyridine rings is 1. The van der Waals surface area contributed by atoms with Crippen molar-refractivity contribution in [2.24, 2.45) is 7.05 Å². The summed E-state index contributed by atoms with van der Waals surface area (Å²) in [6.07, 6.45) is 6.11. The molecule has 0 aliphatic carbocycles. The number of hydrogen-bond donors (Lipinski definition) is 1. The lowest BCUT2D eigenvalue weighted by Gasteiger charge is -2.28. The Kier molecular flexibility index (Phi) is 6.61. The van der Waals surface area contributed by atoms with Gasteiger partial charge < -0.3 is 19.4 Å². The molecule has 208 valence electrons. The first-order valence-electron chi connectivity index (χ1n) is 13.4. The minimum Gasteiger partial charge on any atom is -0.339 e. The molecule has 0 fully saturated rings. The van der Waals surface area contributed by atoms with Crippen molar-refractivity contribution < 1.29 is 14.0 Å². The van der Waals surface area contributed by atoms with Crippen molar-refractivity contribution >= 4 is 39.5 Å². The van der Waals surface area contributed by atoms with Crippen molar-refractivity contribution in [3.8, 4) is 11.3 Å². The summed E-state index contributed by atoms with van der Waals surface area (Å²) in [5.74, 6) is -0.627. The van der Waals surface area contributed by atoms with Gasteiger partial charge in [-0.15, -0.1) is 0 Å². The van der Waals surface area contributed by atoms with E-state index in [4.69, 9.17) is 0 Å². The molecule has 5 aromatic rings. The van der Waals surface area contributed by atoms with Crippen LogP contribution >= 0.6 is 0 Å². The highest BCUT2D eigenvalue weighted by atomic mass is 19.1. The van der Waals surface area contributed by atoms with Crippen LogP contribution in [0.25, 0.3) is 38.9 Å². The van der Waals surface area contributed by atoms with Crippen LogP contribution in [0.2, 0.25) is 0 Å². The largest absolute Gasteiger partial charge is 0.339 e. The third-order valence-electron chi connectivity index (χ3n) is 7.72. The van der Waals surface area contributed by atoms with Crippen molar-refractivity contribution in [1.82, 2.24) is 34.3 Å². The van der Waals surface area contributed by atoms with Crippen LogP contribution in [0.15, 0.2) is 55.0 Å². The van der Waals surface area contributed by atoms with E-state index in [0.717, 1.165) is 33.3 Å². The third kappa shape index (κ3) is 4.86. The lowest BCUT2D eigenvalue weighted by Crippen LogP contribution is -2.41. The molecule has 0 atom stereocenters. The summed E-state index contributed by atoms with van der Waals surface area (Å²) in [6, 6.07) is 10.4. The second-order valence-corrected chi connectivity index (χ2v) is 10.6. The van der Waals surface area contributed by atoms with Gasteiger partial charge in [0.2, 0.25) is 0 Å². The zero-order valence-corrected chi connectivity index (χ0v) is 23.4. The Morgan fingerprint density at radius 1 is 1.12 bits per heavy atom. The standard InChI is InChI=1S/C31H30FN7O2/c1-18-21(14-27(40)25-6-5-20-7-10-38(4)30(20)36-25)13-22(32)15-23(18)28-24-16-26(35-29(24)34-17-33-28)19-8-11-39(12-9-19)31(41)37(2)3/h5-8,10,13,15-17H,9,11-12,14H2,1-4H3,(H,33,34,35). The number of Topliss-reactive ketones (excluding diaryl/α,β-unsaturated/α-hetero) is 1. The molecular weight excluding hydrogens is 521 g/mol. The summed E-state index contributed by atoms with van der Waals surface area (Å²) in [7, 11) is 5.37. The van der Waals surface area contributed by atoms with Crippen molar-refractivity contribution in [3.63, 3.8) is 0 Å². The number of urea groups is 1. The molecule has 0 radical (unpaired) electrons. The van der Waals surface area contributed by atoms with Crippen LogP contribution in [0.4, 0.5) is 9.18 Å². The maximum Gasteiger partial charge on any atom is 0.319 e. The zero-order valence-electron chi connectivity index (χ0n) is 23.4. The monoisotopic (exact) mass is 551 g/mol. The molecule has 1 aromatic carbocycles. The third-order valence-corrected chi connectivity index (χ3v) is 7.72. The summed E-state index contributed by atoms with van der Waals surface area (Å²) in [5, 5.41) is 1.72. The molecule has 1 N–H and O–H groups in total. The smallest absolute Gasteiger partial charge is 0.319 e. The number of hydrogen-bond acceptors (Lipinski definition) is 5. The molecule has 1 aliphatic rings. The number of aromatic amines is 1. The van der Waals surface area contributed by atoms with Crippen LogP contribution in [0.3, 0.4) is 0 Å². The maximum atomic E-state index is 15.0. The summed E-state index contributed by atoms with van der Waals surface area (Å²) in [5.41, 5.74) is 6.24. The summed E-state index contributed by atoms with van der Waals surface area (Å²) in [6.45, 7) is 3.02. The number of fused-ring (bicyclic) bond motifs is 2. The maximum absolute atomic E-state index is 15.0. The Labute approximate surface area is 236 Å². The number of carbonyl (C=O) groups excluding carboxylic acids is 2. The van der Waals surface area contributed by atoms with Gasteiger partial charge in [-0.1, -0.05) is 6.08 Å². The van der Waals surface area contributed by atoms with Gasteiger partial charge in [-0.2, -0.15) is 0 Å². The first-order valence-corrected chi connectivity index (χ1v) is 13.4. The molecule has 0 bridgehead atoms. The first kappa shape index (κ1) is 26.4. The molecule has 9 nitrogen and oxygen atoms in total. The number of halogens is 1. The molecule has 1 aliphatic heterocycles. The van der Waals surface area contributed by atoms with E-state index >= 15 is 0 Å². The highest BCUT2D eigenvalue weighted by molar-refractivity contribution is 5.99. The number of amides is 2. The number of carbonyl (C=O) groups is 2. The van der Waals surface area contributed by atoms with Crippen LogP contribution in [-0.2, 0) is 13.5 Å². The molecule has 0 saturated carbocycles. The zero-order chi connectivity index (χ0) is 28.8. The molecule has 0 spiro atoms. The molecule has 41 heavy (non-hydrogen) atoms. The number of ketones is 1. The summed E-state index contributed by atoms with van der Waals surface area (Å²) < 4.78 is 16.9. The Balaban J connectivity index is 1.32. The molecule has 5 heterocycles. The first-order chi connectivity index (χ1) is 19.7. The van der Waals surface area contributed by atoms with Gasteiger partial charge in [-0.25, -0.2) is 24.1 Å². The van der Waals surface area contributed by atoms with Crippen LogP contribution in [0.5, 0.6) is 0 Å². The Bertz CT molecular complexity index is 1870. The number of rotatable bonds is 5. The predicted octanol–water partition coefficient (Wildman–Crippen LogP) is 5.16. The van der Waals surface area contributed by atoms with Crippen LogP contribution < -0.4 is 0 Å². The number of aryl methyl sites for hydroxylation is 1. The van der Waals surface area contributed by atoms with E-state index in [1.54, 1.807) is 30.0 Å². The van der Waals surface area contributed by atoms with E-state index in [1.165, 1.54) is 18.5 Å². The Morgan fingerprint density at radius 3 is 2.71 bits per heavy atom. The van der Waals surface area contributed by atoms with Crippen LogP contribution in [-0.4, -0.2) is 73.3 Å². The second-order valence-electron chi connectivity index (χ2n) is 10.6. The second kappa shape index (κ2) is 10.3. The average Bonchev–Trinajstić information content (AvgIpc) is 3.57. The van der Waals surface area contributed by atoms with Gasteiger partial charge >= 0.3 is 6.03 Å². The number of H-pyrrole nitrogens is 1. The normalized spacial score (nSPS) is 13.6. The van der Waals surface area contributed by atoms with Crippen molar-refractivity contribution in [1.29, 1.82) is 0 Å². The van der Waals surface area contributed by atoms with Gasteiger partial charge in [0, 0.05) is 68.9 Å². The van der Waals surface area contributed by atoms with Crippen LogP contribution in [0, 0.1) is 12.7 Å². The highest BCUT2D eigenvalue weighted by Gasteiger charge is 2.22. The number of nitrogens with one attached hydrogen (secondary N) is 1. The fourth-order valence-electron chi connectivity index (χ4n) is 5.42. The quantitative estimate of drug-likeness (QED) is 0.305. The fraction of sp³-hybridized carbons (Fsp3) is 0.258. The number of aromatic nitrogens is 5. The van der Waals surface area contributed by atoms with Gasteiger partial charge in [0.15, 0.2) is 5.78 Å². The number of benzene rings is 1. The number of nitrogens with zero attached hydrogens (tertiary/aromatic N) is 6. The fourth-order valence-corrected chi connectivity index (χ4v) is 5.42. The SMILES string of the molecule is Cc1c(CC(=O)c2ccc3ccn(C)c3n2)cc(F)cc1-c1ncnc2[nH]c(C3=CCN(C(=O)N(C)C)CC3)cc12.